The molecule has 0 radical (unpaired) electrons. The molecule has 0 spiro atoms. The van der Waals surface area contributed by atoms with Crippen LogP contribution in [0.3, 0.4) is 0 Å². The summed E-state index contributed by atoms with van der Waals surface area (Å²) in [5.41, 5.74) is 1.73. The van der Waals surface area contributed by atoms with E-state index in [0.29, 0.717) is 23.2 Å². The van der Waals surface area contributed by atoms with Crippen molar-refractivity contribution >= 4 is 11.9 Å². The maximum Gasteiger partial charge on any atom is 0.200 e. The van der Waals surface area contributed by atoms with Crippen LogP contribution >= 0.6 is 0 Å². The predicted octanol–water partition coefficient (Wildman–Crippen LogP) is 4.74. The Labute approximate surface area is 149 Å². The highest BCUT2D eigenvalue weighted by Crippen LogP contribution is 2.40. The quantitative estimate of drug-likeness (QED) is 0.801. The molecule has 2 saturated carbocycles. The van der Waals surface area contributed by atoms with Crippen LogP contribution in [0.25, 0.3) is 6.08 Å². The summed E-state index contributed by atoms with van der Waals surface area (Å²) in [5.74, 6) is 1.79. The van der Waals surface area contributed by atoms with Gasteiger partial charge in [-0.05, 0) is 67.4 Å². The number of phenolic OH excluding ortho intramolecular Hbond substituents is 1. The van der Waals surface area contributed by atoms with E-state index in [4.69, 9.17) is 9.47 Å². The summed E-state index contributed by atoms with van der Waals surface area (Å²) < 4.78 is 10.4. The first-order chi connectivity index (χ1) is 12.1. The molecule has 4 nitrogen and oxygen atoms in total. The minimum absolute atomic E-state index is 0.0118. The van der Waals surface area contributed by atoms with E-state index < -0.39 is 0 Å². The van der Waals surface area contributed by atoms with Gasteiger partial charge in [0.2, 0.25) is 5.75 Å². The number of carbonyl (C=O) groups is 1. The average molecular weight is 344 g/mol. The monoisotopic (exact) mass is 344 g/mol. The fourth-order valence-corrected chi connectivity index (χ4v) is 4.33. The third-order valence-corrected chi connectivity index (χ3v) is 5.68. The van der Waals surface area contributed by atoms with Gasteiger partial charge in [-0.15, -0.1) is 0 Å². The smallest absolute Gasteiger partial charge is 0.200 e. The molecule has 0 unspecified atom stereocenters. The number of phenols is 1. The first-order valence-electron chi connectivity index (χ1n) is 9.33. The SMILES string of the molecule is COc1cc(/C=C2\CCC[C@H](C3CCCCC3)C2=O)cc(OC)c1O. The molecule has 2 aliphatic rings. The normalized spacial score (nSPS) is 23.7. The number of rotatable bonds is 4. The van der Waals surface area contributed by atoms with Crippen LogP contribution in [0.15, 0.2) is 17.7 Å². The Morgan fingerprint density at radius 1 is 1.00 bits per heavy atom. The highest BCUT2D eigenvalue weighted by molar-refractivity contribution is 6.02. The Bertz CT molecular complexity index is 631. The third kappa shape index (κ3) is 3.83. The zero-order valence-corrected chi connectivity index (χ0v) is 15.2. The second-order valence-corrected chi connectivity index (χ2v) is 7.20. The van der Waals surface area contributed by atoms with E-state index in [1.807, 2.05) is 6.08 Å². The van der Waals surface area contributed by atoms with Gasteiger partial charge < -0.3 is 14.6 Å². The van der Waals surface area contributed by atoms with Crippen LogP contribution in [0.1, 0.15) is 56.9 Å². The number of hydrogen-bond acceptors (Lipinski definition) is 4. The second kappa shape index (κ2) is 7.94. The number of ketones is 1. The number of benzene rings is 1. The second-order valence-electron chi connectivity index (χ2n) is 7.20. The fraction of sp³-hybridized carbons (Fsp3) is 0.571. The van der Waals surface area contributed by atoms with Crippen molar-refractivity contribution < 1.29 is 19.4 Å². The number of ether oxygens (including phenoxy) is 2. The van der Waals surface area contributed by atoms with Gasteiger partial charge >= 0.3 is 0 Å². The van der Waals surface area contributed by atoms with Crippen LogP contribution in [0.5, 0.6) is 17.2 Å². The highest BCUT2D eigenvalue weighted by Gasteiger charge is 2.33. The molecule has 2 fully saturated rings. The van der Waals surface area contributed by atoms with Crippen LogP contribution in [-0.4, -0.2) is 25.1 Å². The molecule has 0 aliphatic heterocycles. The average Bonchev–Trinajstić information content (AvgIpc) is 2.65. The molecule has 1 atom stereocenters. The molecule has 1 aromatic carbocycles. The number of aromatic hydroxyl groups is 1. The zero-order valence-electron chi connectivity index (χ0n) is 15.2. The highest BCUT2D eigenvalue weighted by atomic mass is 16.5. The van der Waals surface area contributed by atoms with Crippen molar-refractivity contribution in [1.82, 2.24) is 0 Å². The van der Waals surface area contributed by atoms with Crippen molar-refractivity contribution in [2.24, 2.45) is 11.8 Å². The van der Waals surface area contributed by atoms with Gasteiger partial charge in [-0.2, -0.15) is 0 Å². The van der Waals surface area contributed by atoms with Crippen LogP contribution in [0.4, 0.5) is 0 Å². The minimum atomic E-state index is -0.0118. The molecule has 1 aromatic rings. The molecule has 4 heteroatoms. The van der Waals surface area contributed by atoms with Crippen molar-refractivity contribution in [2.75, 3.05) is 14.2 Å². The van der Waals surface area contributed by atoms with Crippen molar-refractivity contribution in [3.8, 4) is 17.2 Å². The summed E-state index contributed by atoms with van der Waals surface area (Å²) in [5, 5.41) is 10.0. The van der Waals surface area contributed by atoms with Crippen molar-refractivity contribution in [1.29, 1.82) is 0 Å². The van der Waals surface area contributed by atoms with E-state index in [1.54, 1.807) is 12.1 Å². The molecule has 0 saturated heterocycles. The minimum Gasteiger partial charge on any atom is -0.502 e. The molecule has 0 aromatic heterocycles. The van der Waals surface area contributed by atoms with Gasteiger partial charge in [0.1, 0.15) is 0 Å². The van der Waals surface area contributed by atoms with Gasteiger partial charge in [-0.25, -0.2) is 0 Å². The molecular weight excluding hydrogens is 316 g/mol. The van der Waals surface area contributed by atoms with E-state index in [2.05, 4.69) is 0 Å². The number of allylic oxidation sites excluding steroid dienone is 1. The van der Waals surface area contributed by atoms with Gasteiger partial charge in [-0.3, -0.25) is 4.79 Å². The predicted molar refractivity (Wildman–Crippen MR) is 98.1 cm³/mol. The Balaban J connectivity index is 1.86. The first-order valence-corrected chi connectivity index (χ1v) is 9.33. The summed E-state index contributed by atoms with van der Waals surface area (Å²) in [6.07, 6.45) is 11.1. The van der Waals surface area contributed by atoms with E-state index in [1.165, 1.54) is 46.3 Å². The van der Waals surface area contributed by atoms with Gasteiger partial charge in [0.25, 0.3) is 0 Å². The lowest BCUT2D eigenvalue weighted by molar-refractivity contribution is -0.122. The lowest BCUT2D eigenvalue weighted by atomic mass is 9.71. The molecule has 136 valence electrons. The third-order valence-electron chi connectivity index (χ3n) is 5.68. The standard InChI is InChI=1S/C21H28O4/c1-24-18-12-14(13-19(25-2)21(18)23)11-16-9-6-10-17(20(16)22)15-7-4-3-5-8-15/h11-13,15,17,23H,3-10H2,1-2H3/b16-11+/t17-/m1/s1. The molecule has 25 heavy (non-hydrogen) atoms. The lowest BCUT2D eigenvalue weighted by Crippen LogP contribution is -2.30. The number of hydrogen-bond donors (Lipinski definition) is 1. The van der Waals surface area contributed by atoms with Crippen LogP contribution in [0, 0.1) is 11.8 Å². The number of Topliss-reactive ketones (excluding diaryl/α,β-unsaturated/α-hetero) is 1. The molecule has 0 heterocycles. The van der Waals surface area contributed by atoms with Crippen LogP contribution in [-0.2, 0) is 4.79 Å². The van der Waals surface area contributed by atoms with Crippen molar-refractivity contribution in [3.63, 3.8) is 0 Å². The lowest BCUT2D eigenvalue weighted by Gasteiger charge is -2.32. The summed E-state index contributed by atoms with van der Waals surface area (Å²) >= 11 is 0. The number of methoxy groups -OCH3 is 2. The Morgan fingerprint density at radius 3 is 2.24 bits per heavy atom. The topological polar surface area (TPSA) is 55.8 Å². The Kier molecular flexibility index (Phi) is 5.67. The molecule has 2 aliphatic carbocycles. The van der Waals surface area contributed by atoms with Crippen LogP contribution < -0.4 is 9.47 Å². The first kappa shape index (κ1) is 17.8. The van der Waals surface area contributed by atoms with Gasteiger partial charge in [0.05, 0.1) is 14.2 Å². The van der Waals surface area contributed by atoms with E-state index in [9.17, 15) is 9.90 Å². The van der Waals surface area contributed by atoms with Gasteiger partial charge in [0.15, 0.2) is 17.3 Å². The Hall–Kier alpha value is -1.97. The molecule has 0 bridgehead atoms. The summed E-state index contributed by atoms with van der Waals surface area (Å²) in [6, 6.07) is 3.50. The van der Waals surface area contributed by atoms with Gasteiger partial charge in [0, 0.05) is 5.92 Å². The zero-order chi connectivity index (χ0) is 17.8. The van der Waals surface area contributed by atoms with E-state index >= 15 is 0 Å². The molecular formula is C21H28O4. The molecule has 1 N–H and O–H groups in total. The van der Waals surface area contributed by atoms with Crippen molar-refractivity contribution in [3.05, 3.63) is 23.3 Å². The maximum atomic E-state index is 13.0. The molecule has 0 amide bonds. The Morgan fingerprint density at radius 2 is 1.64 bits per heavy atom. The maximum absolute atomic E-state index is 13.0. The van der Waals surface area contributed by atoms with Gasteiger partial charge in [-0.1, -0.05) is 19.3 Å². The fourth-order valence-electron chi connectivity index (χ4n) is 4.33. The van der Waals surface area contributed by atoms with E-state index in [0.717, 1.165) is 30.4 Å². The summed E-state index contributed by atoms with van der Waals surface area (Å²) in [7, 11) is 3.02. The van der Waals surface area contributed by atoms with Crippen LogP contribution in [0.2, 0.25) is 0 Å². The summed E-state index contributed by atoms with van der Waals surface area (Å²) in [4.78, 5) is 13.0. The van der Waals surface area contributed by atoms with E-state index in [-0.39, 0.29) is 11.7 Å². The summed E-state index contributed by atoms with van der Waals surface area (Å²) in [6.45, 7) is 0. The largest absolute Gasteiger partial charge is 0.502 e. The molecule has 3 rings (SSSR count). The van der Waals surface area contributed by atoms with Crippen molar-refractivity contribution in [2.45, 2.75) is 51.4 Å². The number of carbonyl (C=O) groups excluding carboxylic acids is 1.